The van der Waals surface area contributed by atoms with E-state index < -0.39 is 0 Å². The van der Waals surface area contributed by atoms with Gasteiger partial charge in [0, 0.05) is 22.3 Å². The molecular formula is C54H36N2O. The highest BCUT2D eigenvalue weighted by molar-refractivity contribution is 6.11. The summed E-state index contributed by atoms with van der Waals surface area (Å²) in [5.41, 5.74) is 18.6. The molecule has 0 saturated heterocycles. The average molecular weight is 729 g/mol. The second kappa shape index (κ2) is 13.7. The monoisotopic (exact) mass is 728 g/mol. The molecule has 1 aliphatic carbocycles. The van der Waals surface area contributed by atoms with Gasteiger partial charge in [-0.15, -0.1) is 0 Å². The van der Waals surface area contributed by atoms with E-state index in [1.807, 2.05) is 24.3 Å². The van der Waals surface area contributed by atoms with E-state index in [0.717, 1.165) is 34.5 Å². The lowest BCUT2D eigenvalue weighted by Crippen LogP contribution is -2.11. The van der Waals surface area contributed by atoms with Gasteiger partial charge in [0.2, 0.25) is 5.89 Å². The third-order valence-electron chi connectivity index (χ3n) is 11.3. The fourth-order valence-corrected chi connectivity index (χ4v) is 8.60. The van der Waals surface area contributed by atoms with Crippen LogP contribution >= 0.6 is 0 Å². The van der Waals surface area contributed by atoms with Gasteiger partial charge in [-0.3, -0.25) is 0 Å². The van der Waals surface area contributed by atoms with Crippen molar-refractivity contribution in [2.75, 3.05) is 4.90 Å². The Hall–Kier alpha value is -7.49. The zero-order valence-corrected chi connectivity index (χ0v) is 31.1. The minimum Gasteiger partial charge on any atom is -0.436 e. The number of para-hydroxylation sites is 2. The van der Waals surface area contributed by atoms with Gasteiger partial charge in [0.1, 0.15) is 5.52 Å². The summed E-state index contributed by atoms with van der Waals surface area (Å²) in [6.07, 6.45) is 0.866. The first-order chi connectivity index (χ1) is 28.2. The van der Waals surface area contributed by atoms with Gasteiger partial charge in [-0.2, -0.15) is 0 Å². The molecule has 9 aromatic carbocycles. The first kappa shape index (κ1) is 32.9. The van der Waals surface area contributed by atoms with Crippen molar-refractivity contribution in [3.8, 4) is 56.0 Å². The second-order valence-electron chi connectivity index (χ2n) is 14.7. The Morgan fingerprint density at radius 3 is 1.60 bits per heavy atom. The van der Waals surface area contributed by atoms with Crippen LogP contribution in [0.4, 0.5) is 17.1 Å². The topological polar surface area (TPSA) is 29.3 Å². The zero-order chi connectivity index (χ0) is 37.7. The van der Waals surface area contributed by atoms with Crippen LogP contribution in [0, 0.1) is 0 Å². The smallest absolute Gasteiger partial charge is 0.227 e. The van der Waals surface area contributed by atoms with Crippen molar-refractivity contribution in [1.82, 2.24) is 4.98 Å². The summed E-state index contributed by atoms with van der Waals surface area (Å²) in [5, 5.41) is 2.47. The molecule has 1 aliphatic rings. The molecule has 0 fully saturated rings. The van der Waals surface area contributed by atoms with Crippen molar-refractivity contribution in [2.45, 2.75) is 6.42 Å². The van der Waals surface area contributed by atoms with Gasteiger partial charge in [-0.25, -0.2) is 4.98 Å². The summed E-state index contributed by atoms with van der Waals surface area (Å²) in [7, 11) is 0. The summed E-state index contributed by atoms with van der Waals surface area (Å²) in [6.45, 7) is 0. The number of fused-ring (bicyclic) bond motifs is 6. The quantitative estimate of drug-likeness (QED) is 0.164. The number of benzene rings is 9. The normalized spacial score (nSPS) is 11.8. The molecule has 3 heteroatoms. The van der Waals surface area contributed by atoms with Crippen LogP contribution < -0.4 is 4.90 Å². The van der Waals surface area contributed by atoms with Crippen LogP contribution in [0.1, 0.15) is 11.1 Å². The van der Waals surface area contributed by atoms with Crippen molar-refractivity contribution in [2.24, 2.45) is 0 Å². The highest BCUT2D eigenvalue weighted by atomic mass is 16.3. The molecular weight excluding hydrogens is 693 g/mol. The maximum atomic E-state index is 6.10. The predicted octanol–water partition coefficient (Wildman–Crippen LogP) is 14.7. The van der Waals surface area contributed by atoms with Crippen LogP contribution in [-0.2, 0) is 6.42 Å². The third-order valence-corrected chi connectivity index (χ3v) is 11.3. The Balaban J connectivity index is 1.04. The molecule has 57 heavy (non-hydrogen) atoms. The van der Waals surface area contributed by atoms with Crippen molar-refractivity contribution in [3.63, 3.8) is 0 Å². The van der Waals surface area contributed by atoms with E-state index in [1.165, 1.54) is 72.1 Å². The second-order valence-corrected chi connectivity index (χ2v) is 14.7. The standard InChI is InChI=1S/C54H36N2O/c1-3-12-36(13-4-1)38-26-30-44(31-27-38)56(45-32-28-39(29-33-45)37-14-5-2-6-15-37)50-35-43-34-42-16-11-19-46(52(42)53(43)48-18-8-7-17-47(48)50)40-22-24-41(25-23-40)54-55-49-20-9-10-21-51(49)57-54/h1-33,35H,34H2. The highest BCUT2D eigenvalue weighted by Gasteiger charge is 2.28. The van der Waals surface area contributed by atoms with Gasteiger partial charge < -0.3 is 9.32 Å². The molecule has 0 N–H and O–H groups in total. The number of aromatic nitrogens is 1. The van der Waals surface area contributed by atoms with Crippen molar-refractivity contribution < 1.29 is 4.42 Å². The molecule has 11 rings (SSSR count). The molecule has 0 atom stereocenters. The summed E-state index contributed by atoms with van der Waals surface area (Å²) in [6, 6.07) is 73.9. The van der Waals surface area contributed by atoms with Gasteiger partial charge in [0.05, 0.1) is 5.69 Å². The van der Waals surface area contributed by atoms with Gasteiger partial charge >= 0.3 is 0 Å². The largest absolute Gasteiger partial charge is 0.436 e. The number of nitrogens with zero attached hydrogens (tertiary/aromatic N) is 2. The van der Waals surface area contributed by atoms with Crippen molar-refractivity contribution in [3.05, 3.63) is 217 Å². The minimum absolute atomic E-state index is 0.638. The average Bonchev–Trinajstić information content (AvgIpc) is 3.90. The van der Waals surface area contributed by atoms with Gasteiger partial charge in [-0.05, 0) is 122 Å². The van der Waals surface area contributed by atoms with E-state index in [2.05, 4.69) is 187 Å². The Labute approximate surface area is 331 Å². The number of hydrogen-bond donors (Lipinski definition) is 0. The maximum Gasteiger partial charge on any atom is 0.227 e. The molecule has 3 nitrogen and oxygen atoms in total. The van der Waals surface area contributed by atoms with Crippen LogP contribution in [-0.4, -0.2) is 4.98 Å². The molecule has 0 radical (unpaired) electrons. The molecule has 268 valence electrons. The lowest BCUT2D eigenvalue weighted by molar-refractivity contribution is 0.620. The first-order valence-electron chi connectivity index (χ1n) is 19.5. The zero-order valence-electron chi connectivity index (χ0n) is 31.1. The van der Waals surface area contributed by atoms with Crippen LogP contribution in [0.15, 0.2) is 211 Å². The summed E-state index contributed by atoms with van der Waals surface area (Å²) < 4.78 is 6.10. The first-order valence-corrected chi connectivity index (χ1v) is 19.5. The number of oxazole rings is 1. The summed E-state index contributed by atoms with van der Waals surface area (Å²) >= 11 is 0. The van der Waals surface area contributed by atoms with Crippen molar-refractivity contribution in [1.29, 1.82) is 0 Å². The van der Waals surface area contributed by atoms with E-state index in [1.54, 1.807) is 0 Å². The van der Waals surface area contributed by atoms with Crippen LogP contribution in [0.5, 0.6) is 0 Å². The number of hydrogen-bond acceptors (Lipinski definition) is 3. The highest BCUT2D eigenvalue weighted by Crippen LogP contribution is 2.51. The van der Waals surface area contributed by atoms with E-state index in [0.29, 0.717) is 5.89 Å². The number of rotatable bonds is 7. The molecule has 1 aromatic heterocycles. The molecule has 0 saturated carbocycles. The predicted molar refractivity (Wildman–Crippen MR) is 236 cm³/mol. The van der Waals surface area contributed by atoms with E-state index in [9.17, 15) is 0 Å². The van der Waals surface area contributed by atoms with E-state index in [-0.39, 0.29) is 0 Å². The fourth-order valence-electron chi connectivity index (χ4n) is 8.60. The lowest BCUT2D eigenvalue weighted by Gasteiger charge is -2.28. The molecule has 0 amide bonds. The Morgan fingerprint density at radius 2 is 0.947 bits per heavy atom. The Kier molecular flexibility index (Phi) is 7.89. The van der Waals surface area contributed by atoms with Crippen LogP contribution in [0.2, 0.25) is 0 Å². The molecule has 10 aromatic rings. The van der Waals surface area contributed by atoms with E-state index >= 15 is 0 Å². The summed E-state index contributed by atoms with van der Waals surface area (Å²) in [4.78, 5) is 7.17. The van der Waals surface area contributed by atoms with Crippen LogP contribution in [0.3, 0.4) is 0 Å². The van der Waals surface area contributed by atoms with Crippen LogP contribution in [0.25, 0.3) is 77.8 Å². The maximum absolute atomic E-state index is 6.10. The molecule has 0 spiro atoms. The Morgan fingerprint density at radius 1 is 0.404 bits per heavy atom. The lowest BCUT2D eigenvalue weighted by atomic mass is 9.90. The fraction of sp³-hybridized carbons (Fsp3) is 0.0185. The van der Waals surface area contributed by atoms with E-state index in [4.69, 9.17) is 9.40 Å². The van der Waals surface area contributed by atoms with Gasteiger partial charge in [-0.1, -0.05) is 152 Å². The van der Waals surface area contributed by atoms with Crippen molar-refractivity contribution >= 4 is 38.9 Å². The van der Waals surface area contributed by atoms with Gasteiger partial charge in [0.15, 0.2) is 5.58 Å². The summed E-state index contributed by atoms with van der Waals surface area (Å²) in [5.74, 6) is 0.638. The molecule has 0 aliphatic heterocycles. The SMILES string of the molecule is c1ccc(-c2ccc(N(c3ccc(-c4ccccc4)cc3)c3cc4c(c5ccccc35)-c3c(cccc3-c3ccc(-c5nc6ccccc6o5)cc3)C4)cc2)cc1. The third kappa shape index (κ3) is 5.80. The minimum atomic E-state index is 0.638. The molecule has 0 unspecified atom stereocenters. The molecule has 1 heterocycles. The molecule has 0 bridgehead atoms. The number of anilines is 3. The van der Waals surface area contributed by atoms with Gasteiger partial charge in [0.25, 0.3) is 0 Å². The Bertz CT molecular complexity index is 2940.